The molecule has 0 bridgehead atoms. The zero-order valence-corrected chi connectivity index (χ0v) is 19.7. The van der Waals surface area contributed by atoms with Gasteiger partial charge in [-0.3, -0.25) is 14.4 Å². The maximum absolute atomic E-state index is 12.4. The molecule has 7 heteroatoms. The van der Waals surface area contributed by atoms with Gasteiger partial charge in [0.1, 0.15) is 6.79 Å². The third-order valence-electron chi connectivity index (χ3n) is 6.33. The molecule has 3 amide bonds. The molecule has 0 radical (unpaired) electrons. The Bertz CT molecular complexity index is 809. The van der Waals surface area contributed by atoms with Gasteiger partial charge in [0.2, 0.25) is 17.7 Å². The van der Waals surface area contributed by atoms with Gasteiger partial charge >= 0.3 is 0 Å². The van der Waals surface area contributed by atoms with Gasteiger partial charge in [0.05, 0.1) is 0 Å². The highest BCUT2D eigenvalue weighted by atomic mass is 16.2. The Morgan fingerprint density at radius 1 is 1.06 bits per heavy atom. The fraction of sp³-hybridized carbons (Fsp3) is 0.538. The lowest BCUT2D eigenvalue weighted by Gasteiger charge is -2.30. The van der Waals surface area contributed by atoms with E-state index in [0.717, 1.165) is 51.6 Å². The van der Waals surface area contributed by atoms with E-state index in [1.165, 1.54) is 11.1 Å². The molecule has 1 fully saturated rings. The normalized spacial score (nSPS) is 19.5. The van der Waals surface area contributed by atoms with E-state index in [9.17, 15) is 14.4 Å². The van der Waals surface area contributed by atoms with Crippen LogP contribution in [0.5, 0.6) is 0 Å². The third-order valence-corrected chi connectivity index (χ3v) is 6.33. The van der Waals surface area contributed by atoms with Crippen LogP contribution >= 0.6 is 0 Å². The van der Waals surface area contributed by atoms with E-state index in [1.54, 1.807) is 6.08 Å². The van der Waals surface area contributed by atoms with E-state index in [-0.39, 0.29) is 26.5 Å². The molecule has 1 aliphatic carbocycles. The summed E-state index contributed by atoms with van der Waals surface area (Å²) in [6.45, 7) is 6.52. The van der Waals surface area contributed by atoms with Crippen LogP contribution in [-0.4, -0.2) is 55.6 Å². The average Bonchev–Trinajstić information content (AvgIpc) is 3.24. The van der Waals surface area contributed by atoms with Crippen LogP contribution in [0.3, 0.4) is 0 Å². The van der Waals surface area contributed by atoms with E-state index in [2.05, 4.69) is 41.8 Å². The number of carbonyl (C=O) groups is 4. The molecule has 1 aromatic carbocycles. The van der Waals surface area contributed by atoms with Crippen molar-refractivity contribution < 1.29 is 22.0 Å². The van der Waals surface area contributed by atoms with Gasteiger partial charge in [-0.1, -0.05) is 35.9 Å². The number of carbonyl (C=O) groups excluding carboxylic acids is 4. The van der Waals surface area contributed by atoms with Crippen LogP contribution in [0, 0.1) is 18.8 Å². The first-order valence-corrected chi connectivity index (χ1v) is 11.9. The molecular formula is C26H41N3O4. The minimum absolute atomic E-state index is 0. The van der Waals surface area contributed by atoms with Crippen molar-refractivity contribution >= 4 is 24.5 Å². The van der Waals surface area contributed by atoms with Crippen molar-refractivity contribution in [2.45, 2.75) is 51.9 Å². The average molecular weight is 460 g/mol. The molecule has 1 saturated carbocycles. The summed E-state index contributed by atoms with van der Waals surface area (Å²) in [6, 6.07) is 8.41. The molecule has 33 heavy (non-hydrogen) atoms. The molecule has 0 atom stereocenters. The Hall–Kier alpha value is -2.96. The van der Waals surface area contributed by atoms with E-state index in [4.69, 9.17) is 4.79 Å². The van der Waals surface area contributed by atoms with Gasteiger partial charge in [-0.15, -0.1) is 0 Å². The van der Waals surface area contributed by atoms with Crippen LogP contribution < -0.4 is 10.6 Å². The van der Waals surface area contributed by atoms with Crippen molar-refractivity contribution in [1.29, 1.82) is 0 Å². The number of amides is 3. The quantitative estimate of drug-likeness (QED) is 0.526. The fourth-order valence-electron chi connectivity index (χ4n) is 4.39. The predicted octanol–water partition coefficient (Wildman–Crippen LogP) is 3.06. The van der Waals surface area contributed by atoms with Crippen molar-refractivity contribution in [2.24, 2.45) is 11.8 Å². The van der Waals surface area contributed by atoms with Crippen LogP contribution in [0.4, 0.5) is 0 Å². The summed E-state index contributed by atoms with van der Waals surface area (Å²) < 4.78 is 0. The first kappa shape index (κ1) is 26.3. The fourth-order valence-corrected chi connectivity index (χ4v) is 4.39. The van der Waals surface area contributed by atoms with Crippen molar-refractivity contribution in [3.05, 3.63) is 47.5 Å². The molecule has 0 spiro atoms. The number of nitrogens with one attached hydrogen (secondary N) is 2. The van der Waals surface area contributed by atoms with Crippen molar-refractivity contribution in [3.8, 4) is 0 Å². The molecule has 7 nitrogen and oxygen atoms in total. The molecule has 3 rings (SSSR count). The van der Waals surface area contributed by atoms with E-state index in [0.29, 0.717) is 25.4 Å². The lowest BCUT2D eigenvalue weighted by molar-refractivity contribution is -0.128. The summed E-state index contributed by atoms with van der Waals surface area (Å²) in [4.78, 5) is 46.0. The maximum atomic E-state index is 12.4. The molecule has 0 saturated heterocycles. The van der Waals surface area contributed by atoms with Gasteiger partial charge in [0.25, 0.3) is 0 Å². The van der Waals surface area contributed by atoms with Gasteiger partial charge in [-0.25, -0.2) is 0 Å². The molecule has 184 valence electrons. The smallest absolute Gasteiger partial charge is 0.246 e. The van der Waals surface area contributed by atoms with Crippen LogP contribution in [0.2, 0.25) is 0 Å². The monoisotopic (exact) mass is 459 g/mol. The maximum Gasteiger partial charge on any atom is 0.246 e. The lowest BCUT2D eigenvalue weighted by atomic mass is 9.81. The molecular weight excluding hydrogens is 418 g/mol. The summed E-state index contributed by atoms with van der Waals surface area (Å²) in [5.41, 5.74) is 2.50. The number of rotatable bonds is 10. The zero-order chi connectivity index (χ0) is 24.1. The van der Waals surface area contributed by atoms with Gasteiger partial charge in [-0.05, 0) is 56.9 Å². The van der Waals surface area contributed by atoms with E-state index < -0.39 is 0 Å². The van der Waals surface area contributed by atoms with Crippen LogP contribution in [0.15, 0.2) is 36.4 Å². The van der Waals surface area contributed by atoms with Crippen LogP contribution in [0.1, 0.15) is 52.5 Å². The summed E-state index contributed by atoms with van der Waals surface area (Å²) in [7, 11) is 0. The number of aryl methyl sites for hydroxylation is 2. The number of hydrogen-bond donors (Lipinski definition) is 2. The Balaban J connectivity index is 0.00000282. The predicted molar refractivity (Wildman–Crippen MR) is 133 cm³/mol. The van der Waals surface area contributed by atoms with Gasteiger partial charge < -0.3 is 20.3 Å². The molecule has 1 aromatic rings. The first-order valence-electron chi connectivity index (χ1n) is 11.9. The van der Waals surface area contributed by atoms with Gasteiger partial charge in [0.15, 0.2) is 0 Å². The van der Waals surface area contributed by atoms with Crippen LogP contribution in [0.25, 0.3) is 0 Å². The van der Waals surface area contributed by atoms with Crippen molar-refractivity contribution in [3.63, 3.8) is 0 Å². The zero-order valence-electron chi connectivity index (χ0n) is 19.7. The molecule has 0 aromatic heterocycles. The van der Waals surface area contributed by atoms with Crippen LogP contribution in [-0.2, 0) is 25.6 Å². The van der Waals surface area contributed by atoms with Gasteiger partial charge in [0, 0.05) is 47.4 Å². The highest BCUT2D eigenvalue weighted by Gasteiger charge is 2.28. The molecule has 1 heterocycles. The summed E-state index contributed by atoms with van der Waals surface area (Å²) in [5.74, 6) is 0.775. The second kappa shape index (κ2) is 14.2. The highest BCUT2D eigenvalue weighted by Crippen LogP contribution is 2.29. The Morgan fingerprint density at radius 3 is 2.36 bits per heavy atom. The second-order valence-electron chi connectivity index (χ2n) is 8.84. The molecule has 2 aliphatic rings. The molecule has 2 N–H and O–H groups in total. The topological polar surface area (TPSA) is 95.6 Å². The van der Waals surface area contributed by atoms with E-state index >= 15 is 0 Å². The first-order chi connectivity index (χ1) is 16.0. The van der Waals surface area contributed by atoms with E-state index in [1.807, 2.05) is 17.8 Å². The largest absolute Gasteiger partial charge is 0.354 e. The Labute approximate surface area is 200 Å². The summed E-state index contributed by atoms with van der Waals surface area (Å²) in [6.07, 6.45) is 9.49. The number of benzene rings is 1. The Kier molecular flexibility index (Phi) is 11.3. The highest BCUT2D eigenvalue weighted by molar-refractivity contribution is 5.89. The minimum Gasteiger partial charge on any atom is -0.354 e. The lowest BCUT2D eigenvalue weighted by Crippen LogP contribution is -2.39. The number of nitrogens with zero attached hydrogens (tertiary/aromatic N) is 1. The third kappa shape index (κ3) is 9.20. The minimum atomic E-state index is 0. The molecule has 1 aliphatic heterocycles. The SMILES string of the molecule is C=O.Cc1ccc(CCCC(=O)NCCNC(=O)C2CCC(CN3CC=CC3=O)CC2)cc1.[HH].[HH]. The van der Waals surface area contributed by atoms with Gasteiger partial charge in [-0.2, -0.15) is 0 Å². The standard InChI is InChI=1S/C25H35N3O3.CH2O.2H2/c1-19-7-9-20(10-8-19)4-2-5-23(29)26-15-16-27-25(31)22-13-11-21(12-14-22)18-28-17-3-6-24(28)30;1-2;;/h3,6-10,21-22H,2,4-5,11-18H2,1H3,(H,26,29)(H,27,31);1H2;2*1H. The van der Waals surface area contributed by atoms with Crippen molar-refractivity contribution in [1.82, 2.24) is 15.5 Å². The number of hydrogen-bond acceptors (Lipinski definition) is 4. The second-order valence-corrected chi connectivity index (χ2v) is 8.84. The van der Waals surface area contributed by atoms with Crippen molar-refractivity contribution in [2.75, 3.05) is 26.2 Å². The summed E-state index contributed by atoms with van der Waals surface area (Å²) >= 11 is 0. The Morgan fingerprint density at radius 2 is 1.73 bits per heavy atom. The summed E-state index contributed by atoms with van der Waals surface area (Å²) in [5, 5.41) is 5.85. The molecule has 0 unspecified atom stereocenters.